The van der Waals surface area contributed by atoms with Crippen LogP contribution in [0.2, 0.25) is 10.0 Å². The molecule has 2 aliphatic heterocycles. The van der Waals surface area contributed by atoms with Crippen LogP contribution in [0.4, 0.5) is 18.9 Å². The molecule has 1 fully saturated rings. The Bertz CT molecular complexity index is 1950. The maximum Gasteiger partial charge on any atom is 0.276 e. The number of halogens is 5. The van der Waals surface area contributed by atoms with Crippen molar-refractivity contribution in [1.82, 2.24) is 19.4 Å². The second-order valence-electron chi connectivity index (χ2n) is 11.4. The lowest BCUT2D eigenvalue weighted by Gasteiger charge is -2.38. The van der Waals surface area contributed by atoms with Crippen molar-refractivity contribution in [3.63, 3.8) is 0 Å². The molecule has 240 valence electrons. The number of hydrogen-bond donors (Lipinski definition) is 1. The summed E-state index contributed by atoms with van der Waals surface area (Å²) < 4.78 is 45.5. The average Bonchev–Trinajstić information content (AvgIpc) is 3.03. The number of aromatic hydroxyl groups is 1. The molecular weight excluding hydrogens is 644 g/mol. The van der Waals surface area contributed by atoms with E-state index >= 15 is 4.39 Å². The lowest BCUT2D eigenvalue weighted by molar-refractivity contribution is -0.126. The molecule has 46 heavy (non-hydrogen) atoms. The van der Waals surface area contributed by atoms with Crippen LogP contribution in [0.25, 0.3) is 28.0 Å². The van der Waals surface area contributed by atoms with Gasteiger partial charge in [-0.25, -0.2) is 13.8 Å². The van der Waals surface area contributed by atoms with E-state index in [4.69, 9.17) is 23.2 Å². The third-order valence-corrected chi connectivity index (χ3v) is 8.92. The van der Waals surface area contributed by atoms with Crippen molar-refractivity contribution in [2.75, 3.05) is 38.1 Å². The van der Waals surface area contributed by atoms with Crippen LogP contribution in [-0.4, -0.2) is 69.6 Å². The van der Waals surface area contributed by atoms with Crippen molar-refractivity contribution >= 4 is 51.5 Å². The topological polar surface area (TPSA) is 106 Å². The first kappa shape index (κ1) is 32.9. The van der Waals surface area contributed by atoms with E-state index < -0.39 is 45.0 Å². The van der Waals surface area contributed by atoms with Gasteiger partial charge in [0.25, 0.3) is 5.56 Å². The fourth-order valence-electron chi connectivity index (χ4n) is 6.14. The van der Waals surface area contributed by atoms with Gasteiger partial charge in [0.1, 0.15) is 22.3 Å². The number of amides is 1. The third kappa shape index (κ3) is 5.17. The summed E-state index contributed by atoms with van der Waals surface area (Å²) >= 11 is 12.4. The molecule has 3 aromatic rings. The van der Waals surface area contributed by atoms with Crippen LogP contribution in [0.5, 0.6) is 5.75 Å². The Balaban J connectivity index is 1.91. The van der Waals surface area contributed by atoms with Crippen LogP contribution < -0.4 is 10.5 Å². The molecule has 1 saturated heterocycles. The minimum absolute atomic E-state index is 0.0548. The molecule has 0 radical (unpaired) electrons. The van der Waals surface area contributed by atoms with Gasteiger partial charge in [-0.3, -0.25) is 14.2 Å². The van der Waals surface area contributed by atoms with Gasteiger partial charge in [-0.15, -0.1) is 0 Å². The molecule has 1 amide bonds. The van der Waals surface area contributed by atoms with Crippen LogP contribution in [0.1, 0.15) is 26.3 Å². The number of aromatic nitrogens is 2. The maximum absolute atomic E-state index is 15.4. The first-order valence-electron chi connectivity index (χ1n) is 14.3. The first-order chi connectivity index (χ1) is 21.7. The highest BCUT2D eigenvalue weighted by atomic mass is 35.5. The number of benzene rings is 1. The van der Waals surface area contributed by atoms with E-state index in [0.29, 0.717) is 11.3 Å². The van der Waals surface area contributed by atoms with E-state index in [0.717, 1.165) is 0 Å². The standard InChI is InChI=1S/C32H29Cl2F3N6O3/c1-6-20(44)41-9-11-42(12-10-41)29-17-13-19(33)26(21-23(35)22(34)24(36)25(37)30(21)45)39-31(17)43(32(46)18(29)14-38)28-16(4)7-8-40(5)27(28)15(2)3/h6-8,13,15,27,45H,1,9-12H2,2-5H3/t27-/m1/s1. The summed E-state index contributed by atoms with van der Waals surface area (Å²) in [6, 6.07) is 3.00. The minimum Gasteiger partial charge on any atom is -0.504 e. The summed E-state index contributed by atoms with van der Waals surface area (Å²) in [5.41, 5.74) is -1.08. The SMILES string of the molecule is C=CC(=O)N1CCN(c2c(C#N)c(=O)n(C3=C(C)C=CN(C)[C@@H]3C(C)C)c3nc(-c4c(O)c(F)c(F)c(Cl)c4F)c(Cl)cc23)CC1. The van der Waals surface area contributed by atoms with Crippen molar-refractivity contribution in [2.24, 2.45) is 5.92 Å². The zero-order chi connectivity index (χ0) is 33.8. The number of phenolic OH excluding ortho intramolecular Hbond substituents is 1. The maximum atomic E-state index is 15.4. The van der Waals surface area contributed by atoms with Crippen LogP contribution in [0.15, 0.2) is 41.4 Å². The molecule has 14 heteroatoms. The summed E-state index contributed by atoms with van der Waals surface area (Å²) in [4.78, 5) is 36.5. The number of carbonyl (C=O) groups excluding carboxylic acids is 1. The van der Waals surface area contributed by atoms with Crippen LogP contribution in [0.3, 0.4) is 0 Å². The zero-order valence-corrected chi connectivity index (χ0v) is 26.8. The number of rotatable bonds is 5. The van der Waals surface area contributed by atoms with Gasteiger partial charge in [-0.05, 0) is 42.8 Å². The molecule has 4 heterocycles. The molecule has 1 atom stereocenters. The quantitative estimate of drug-likeness (QED) is 0.204. The number of allylic oxidation sites excluding steroid dienone is 2. The zero-order valence-electron chi connectivity index (χ0n) is 25.3. The lowest BCUT2D eigenvalue weighted by Crippen LogP contribution is -2.49. The number of nitriles is 1. The Morgan fingerprint density at radius 2 is 1.83 bits per heavy atom. The molecule has 0 spiro atoms. The molecule has 9 nitrogen and oxygen atoms in total. The number of pyridine rings is 2. The molecule has 5 rings (SSSR count). The van der Waals surface area contributed by atoms with Crippen molar-refractivity contribution in [1.29, 1.82) is 5.26 Å². The number of anilines is 1. The van der Waals surface area contributed by atoms with Crippen LogP contribution >= 0.6 is 23.2 Å². The monoisotopic (exact) mass is 672 g/mol. The molecular formula is C32H29Cl2F3N6O3. The van der Waals surface area contributed by atoms with E-state index in [1.54, 1.807) is 22.8 Å². The van der Waals surface area contributed by atoms with Gasteiger partial charge < -0.3 is 19.8 Å². The summed E-state index contributed by atoms with van der Waals surface area (Å²) in [7, 11) is 1.83. The summed E-state index contributed by atoms with van der Waals surface area (Å²) in [6.45, 7) is 10.2. The van der Waals surface area contributed by atoms with Gasteiger partial charge in [-0.2, -0.15) is 9.65 Å². The molecule has 2 aliphatic rings. The number of carbonyl (C=O) groups is 1. The number of piperazine rings is 1. The molecule has 1 aromatic carbocycles. The van der Waals surface area contributed by atoms with E-state index in [9.17, 15) is 28.7 Å². The normalized spacial score (nSPS) is 16.9. The largest absolute Gasteiger partial charge is 0.504 e. The number of likely N-dealkylation sites (N-methyl/N-ethyl adjacent to an activating group) is 1. The Morgan fingerprint density at radius 3 is 2.41 bits per heavy atom. The number of phenols is 1. The molecule has 0 aliphatic carbocycles. The van der Waals surface area contributed by atoms with Gasteiger partial charge in [0, 0.05) is 38.6 Å². The van der Waals surface area contributed by atoms with Gasteiger partial charge >= 0.3 is 0 Å². The number of hydrogen-bond acceptors (Lipinski definition) is 7. The van der Waals surface area contributed by atoms with Crippen molar-refractivity contribution in [2.45, 2.75) is 26.8 Å². The predicted octanol–water partition coefficient (Wildman–Crippen LogP) is 5.91. The molecule has 0 unspecified atom stereocenters. The van der Waals surface area contributed by atoms with Gasteiger partial charge in [0.15, 0.2) is 17.4 Å². The van der Waals surface area contributed by atoms with Crippen molar-refractivity contribution in [3.8, 4) is 23.1 Å². The highest BCUT2D eigenvalue weighted by Crippen LogP contribution is 2.44. The highest BCUT2D eigenvalue weighted by Gasteiger charge is 2.34. The van der Waals surface area contributed by atoms with Crippen LogP contribution in [-0.2, 0) is 4.79 Å². The molecule has 1 N–H and O–H groups in total. The highest BCUT2D eigenvalue weighted by molar-refractivity contribution is 6.34. The van der Waals surface area contributed by atoms with E-state index in [1.165, 1.54) is 16.7 Å². The summed E-state index contributed by atoms with van der Waals surface area (Å²) in [5.74, 6) is -6.83. The van der Waals surface area contributed by atoms with E-state index in [2.05, 4.69) is 11.6 Å². The van der Waals surface area contributed by atoms with Gasteiger partial charge in [0.05, 0.1) is 33.7 Å². The molecule has 2 aromatic heterocycles. The van der Waals surface area contributed by atoms with Crippen molar-refractivity contribution in [3.05, 3.63) is 80.0 Å². The van der Waals surface area contributed by atoms with Gasteiger partial charge in [0.2, 0.25) is 11.7 Å². The Hall–Kier alpha value is -4.47. The fourth-order valence-corrected chi connectivity index (χ4v) is 6.56. The second-order valence-corrected chi connectivity index (χ2v) is 12.2. The Labute approximate surface area is 272 Å². The average molecular weight is 674 g/mol. The van der Waals surface area contributed by atoms with Crippen molar-refractivity contribution < 1.29 is 23.1 Å². The number of nitrogens with zero attached hydrogens (tertiary/aromatic N) is 6. The van der Waals surface area contributed by atoms with E-state index in [-0.39, 0.29) is 71.4 Å². The first-order valence-corrected chi connectivity index (χ1v) is 15.0. The fraction of sp³-hybridized carbons (Fsp3) is 0.312. The second kappa shape index (κ2) is 12.4. The summed E-state index contributed by atoms with van der Waals surface area (Å²) in [6.07, 6.45) is 4.85. The van der Waals surface area contributed by atoms with E-state index in [1.807, 2.05) is 38.1 Å². The third-order valence-electron chi connectivity index (χ3n) is 8.30. The molecule has 0 saturated carbocycles. The minimum atomic E-state index is -1.80. The molecule has 0 bridgehead atoms. The Morgan fingerprint density at radius 1 is 1.17 bits per heavy atom. The van der Waals surface area contributed by atoms with Gasteiger partial charge in [-0.1, -0.05) is 43.6 Å². The smallest absolute Gasteiger partial charge is 0.276 e. The Kier molecular flexibility index (Phi) is 8.86. The van der Waals surface area contributed by atoms with Crippen LogP contribution in [0, 0.1) is 34.7 Å². The number of fused-ring (bicyclic) bond motifs is 1. The lowest BCUT2D eigenvalue weighted by atomic mass is 9.93. The summed E-state index contributed by atoms with van der Waals surface area (Å²) in [5, 5.41) is 19.6. The predicted molar refractivity (Wildman–Crippen MR) is 171 cm³/mol.